The fourth-order valence-electron chi connectivity index (χ4n) is 2.60. The van der Waals surface area contributed by atoms with Crippen LogP contribution in [0.5, 0.6) is 11.5 Å². The summed E-state index contributed by atoms with van der Waals surface area (Å²) >= 11 is 0. The van der Waals surface area contributed by atoms with Crippen LogP contribution < -0.4 is 14.8 Å². The molecule has 0 aromatic heterocycles. The highest BCUT2D eigenvalue weighted by Crippen LogP contribution is 2.29. The topological polar surface area (TPSA) is 73.9 Å². The Morgan fingerprint density at radius 2 is 1.67 bits per heavy atom. The lowest BCUT2D eigenvalue weighted by Crippen LogP contribution is -2.15. The number of anilines is 1. The molecule has 2 aromatic carbocycles. The van der Waals surface area contributed by atoms with Crippen LogP contribution in [0.25, 0.3) is 0 Å². The summed E-state index contributed by atoms with van der Waals surface area (Å²) in [5.41, 5.74) is 1.74. The first kappa shape index (κ1) is 20.3. The minimum atomic E-state index is -0.487. The SMILES string of the molecule is CCOc1ccc(CCC(=O)Nc2ccccc2C(=O)OC)cc1OCC. The maximum absolute atomic E-state index is 12.3. The average Bonchev–Trinajstić information content (AvgIpc) is 2.68. The molecule has 0 aliphatic carbocycles. The van der Waals surface area contributed by atoms with Gasteiger partial charge < -0.3 is 19.5 Å². The quantitative estimate of drug-likeness (QED) is 0.678. The Morgan fingerprint density at radius 3 is 2.37 bits per heavy atom. The first-order valence-electron chi connectivity index (χ1n) is 8.94. The third kappa shape index (κ3) is 5.74. The van der Waals surface area contributed by atoms with E-state index in [1.807, 2.05) is 32.0 Å². The van der Waals surface area contributed by atoms with E-state index in [0.29, 0.717) is 42.4 Å². The van der Waals surface area contributed by atoms with Crippen LogP contribution in [0.2, 0.25) is 0 Å². The van der Waals surface area contributed by atoms with Gasteiger partial charge in [-0.3, -0.25) is 4.79 Å². The summed E-state index contributed by atoms with van der Waals surface area (Å²) in [6, 6.07) is 12.4. The number of carbonyl (C=O) groups is 2. The van der Waals surface area contributed by atoms with Gasteiger partial charge >= 0.3 is 5.97 Å². The molecule has 0 aliphatic rings. The van der Waals surface area contributed by atoms with Crippen molar-refractivity contribution in [2.45, 2.75) is 26.7 Å². The number of aryl methyl sites for hydroxylation is 1. The highest BCUT2D eigenvalue weighted by Gasteiger charge is 2.13. The molecule has 0 bridgehead atoms. The zero-order chi connectivity index (χ0) is 19.6. The number of rotatable bonds is 9. The molecular formula is C21H25NO5. The van der Waals surface area contributed by atoms with Gasteiger partial charge in [0.25, 0.3) is 0 Å². The van der Waals surface area contributed by atoms with Crippen LogP contribution in [-0.2, 0) is 16.0 Å². The zero-order valence-corrected chi connectivity index (χ0v) is 15.9. The van der Waals surface area contributed by atoms with Gasteiger partial charge in [0, 0.05) is 6.42 Å². The second kappa shape index (κ2) is 10.2. The third-order valence-corrected chi connectivity index (χ3v) is 3.86. The summed E-state index contributed by atoms with van der Waals surface area (Å²) in [7, 11) is 1.31. The van der Waals surface area contributed by atoms with Gasteiger partial charge in [0.2, 0.25) is 5.91 Å². The molecule has 0 unspecified atom stereocenters. The van der Waals surface area contributed by atoms with Crippen LogP contribution >= 0.6 is 0 Å². The number of hydrogen-bond acceptors (Lipinski definition) is 5. The van der Waals surface area contributed by atoms with Crippen molar-refractivity contribution < 1.29 is 23.8 Å². The largest absolute Gasteiger partial charge is 0.490 e. The van der Waals surface area contributed by atoms with E-state index in [2.05, 4.69) is 5.32 Å². The second-order valence-electron chi connectivity index (χ2n) is 5.73. The maximum Gasteiger partial charge on any atom is 0.339 e. The fraction of sp³-hybridized carbons (Fsp3) is 0.333. The highest BCUT2D eigenvalue weighted by atomic mass is 16.5. The highest BCUT2D eigenvalue weighted by molar-refractivity contribution is 6.01. The number of benzene rings is 2. The van der Waals surface area contributed by atoms with Gasteiger partial charge in [-0.15, -0.1) is 0 Å². The minimum absolute atomic E-state index is 0.182. The Hall–Kier alpha value is -3.02. The smallest absolute Gasteiger partial charge is 0.339 e. The summed E-state index contributed by atoms with van der Waals surface area (Å²) in [5, 5.41) is 2.77. The number of carbonyl (C=O) groups excluding carboxylic acids is 2. The molecule has 1 amide bonds. The molecule has 6 heteroatoms. The van der Waals surface area contributed by atoms with Gasteiger partial charge in [-0.25, -0.2) is 4.79 Å². The van der Waals surface area contributed by atoms with Crippen LogP contribution in [-0.4, -0.2) is 32.2 Å². The molecule has 0 aliphatic heterocycles. The molecule has 0 saturated carbocycles. The molecule has 0 radical (unpaired) electrons. The number of ether oxygens (including phenoxy) is 3. The van der Waals surface area contributed by atoms with Gasteiger partial charge in [-0.1, -0.05) is 18.2 Å². The predicted octanol–water partition coefficient (Wildman–Crippen LogP) is 3.84. The van der Waals surface area contributed by atoms with E-state index in [1.54, 1.807) is 24.3 Å². The number of esters is 1. The van der Waals surface area contributed by atoms with E-state index in [-0.39, 0.29) is 12.3 Å². The van der Waals surface area contributed by atoms with Crippen LogP contribution in [0.15, 0.2) is 42.5 Å². The number of nitrogens with one attached hydrogen (secondary N) is 1. The monoisotopic (exact) mass is 371 g/mol. The fourth-order valence-corrected chi connectivity index (χ4v) is 2.60. The lowest BCUT2D eigenvalue weighted by molar-refractivity contribution is -0.116. The van der Waals surface area contributed by atoms with Gasteiger partial charge in [-0.2, -0.15) is 0 Å². The molecule has 1 N–H and O–H groups in total. The number of hydrogen-bond donors (Lipinski definition) is 1. The number of methoxy groups -OCH3 is 1. The van der Waals surface area contributed by atoms with Crippen molar-refractivity contribution >= 4 is 17.6 Å². The lowest BCUT2D eigenvalue weighted by Gasteiger charge is -2.13. The third-order valence-electron chi connectivity index (χ3n) is 3.86. The van der Waals surface area contributed by atoms with Gasteiger partial charge in [-0.05, 0) is 50.1 Å². The van der Waals surface area contributed by atoms with E-state index in [0.717, 1.165) is 5.56 Å². The van der Waals surface area contributed by atoms with Crippen LogP contribution in [0.3, 0.4) is 0 Å². The summed E-state index contributed by atoms with van der Waals surface area (Å²) in [4.78, 5) is 24.1. The van der Waals surface area contributed by atoms with E-state index in [9.17, 15) is 9.59 Å². The molecule has 2 aromatic rings. The van der Waals surface area contributed by atoms with Crippen molar-refractivity contribution in [3.05, 3.63) is 53.6 Å². The van der Waals surface area contributed by atoms with Gasteiger partial charge in [0.1, 0.15) is 0 Å². The molecule has 0 fully saturated rings. The molecular weight excluding hydrogens is 346 g/mol. The normalized spacial score (nSPS) is 10.2. The van der Waals surface area contributed by atoms with E-state index in [4.69, 9.17) is 14.2 Å². The van der Waals surface area contributed by atoms with Crippen molar-refractivity contribution in [1.29, 1.82) is 0 Å². The van der Waals surface area contributed by atoms with E-state index in [1.165, 1.54) is 7.11 Å². The molecule has 144 valence electrons. The zero-order valence-electron chi connectivity index (χ0n) is 15.9. The van der Waals surface area contributed by atoms with Crippen LogP contribution in [0, 0.1) is 0 Å². The lowest BCUT2D eigenvalue weighted by atomic mass is 10.1. The predicted molar refractivity (Wildman–Crippen MR) is 104 cm³/mol. The Bertz CT molecular complexity index is 788. The van der Waals surface area contributed by atoms with E-state index < -0.39 is 5.97 Å². The first-order chi connectivity index (χ1) is 13.1. The number of amides is 1. The van der Waals surface area contributed by atoms with Crippen molar-refractivity contribution in [3.8, 4) is 11.5 Å². The van der Waals surface area contributed by atoms with Gasteiger partial charge in [0.05, 0.1) is 31.6 Å². The van der Waals surface area contributed by atoms with Crippen molar-refractivity contribution in [1.82, 2.24) is 0 Å². The summed E-state index contributed by atoms with van der Waals surface area (Å²) in [5.74, 6) is 0.699. The Balaban J connectivity index is 2.02. The number of para-hydroxylation sites is 1. The molecule has 2 rings (SSSR count). The molecule has 0 saturated heterocycles. The molecule has 0 spiro atoms. The molecule has 27 heavy (non-hydrogen) atoms. The standard InChI is InChI=1S/C21H25NO5/c1-4-26-18-12-10-15(14-19(18)27-5-2)11-13-20(23)22-17-9-7-6-8-16(17)21(24)25-3/h6-10,12,14H,4-5,11,13H2,1-3H3,(H,22,23). The Morgan fingerprint density at radius 1 is 0.963 bits per heavy atom. The molecule has 0 heterocycles. The van der Waals surface area contributed by atoms with Crippen molar-refractivity contribution in [3.63, 3.8) is 0 Å². The van der Waals surface area contributed by atoms with Gasteiger partial charge in [0.15, 0.2) is 11.5 Å². The van der Waals surface area contributed by atoms with E-state index >= 15 is 0 Å². The second-order valence-corrected chi connectivity index (χ2v) is 5.73. The Labute approximate surface area is 159 Å². The average molecular weight is 371 g/mol. The first-order valence-corrected chi connectivity index (χ1v) is 8.94. The summed E-state index contributed by atoms with van der Waals surface area (Å²) < 4.78 is 15.9. The maximum atomic E-state index is 12.3. The molecule has 0 atom stereocenters. The van der Waals surface area contributed by atoms with Crippen LogP contribution in [0.4, 0.5) is 5.69 Å². The van der Waals surface area contributed by atoms with Crippen molar-refractivity contribution in [2.24, 2.45) is 0 Å². The molecule has 6 nitrogen and oxygen atoms in total. The van der Waals surface area contributed by atoms with Crippen molar-refractivity contribution in [2.75, 3.05) is 25.6 Å². The summed E-state index contributed by atoms with van der Waals surface area (Å²) in [6.45, 7) is 4.92. The van der Waals surface area contributed by atoms with Crippen LogP contribution in [0.1, 0.15) is 36.2 Å². The minimum Gasteiger partial charge on any atom is -0.490 e. The summed E-state index contributed by atoms with van der Waals surface area (Å²) in [6.07, 6.45) is 0.813. The Kier molecular flexibility index (Phi) is 7.67.